The van der Waals surface area contributed by atoms with E-state index in [2.05, 4.69) is 186 Å². The Kier molecular flexibility index (Phi) is 9.96. The molecule has 0 radical (unpaired) electrons. The molecule has 6 aromatic carbocycles. The van der Waals surface area contributed by atoms with Crippen molar-refractivity contribution in [3.05, 3.63) is 143 Å². The van der Waals surface area contributed by atoms with Crippen LogP contribution in [0.3, 0.4) is 0 Å². The van der Waals surface area contributed by atoms with Crippen molar-refractivity contribution in [1.29, 1.82) is 0 Å². The second-order valence-corrected chi connectivity index (χ2v) is 22.1. The first-order valence-corrected chi connectivity index (χ1v) is 23.5. The first-order valence-electron chi connectivity index (χ1n) is 23.5. The quantitative estimate of drug-likeness (QED) is 0.173. The van der Waals surface area contributed by atoms with Gasteiger partial charge in [0.25, 0.3) is 0 Å². The monoisotopic (exact) mass is 871 g/mol. The van der Waals surface area contributed by atoms with Crippen LogP contribution in [-0.4, -0.2) is 19.6 Å². The number of fused-ring (bicyclic) bond motifs is 1. The number of hydrogen-bond donors (Lipinski definition) is 1. The summed E-state index contributed by atoms with van der Waals surface area (Å²) in [5.74, 6) is 1.29. The molecule has 0 aliphatic rings. The number of nitrogens with zero attached hydrogens (tertiary/aromatic N) is 3. The summed E-state index contributed by atoms with van der Waals surface area (Å²) in [5, 5.41) is 14.7. The van der Waals surface area contributed by atoms with Crippen LogP contribution >= 0.6 is 0 Å². The number of aromatic hydroxyl groups is 1. The zero-order valence-corrected chi connectivity index (χ0v) is 40.7. The predicted octanol–water partition coefficient (Wildman–Crippen LogP) is 17.0. The van der Waals surface area contributed by atoms with Gasteiger partial charge in [-0.25, -0.2) is 9.97 Å². The minimum absolute atomic E-state index is 0.168. The van der Waals surface area contributed by atoms with Gasteiger partial charge in [0.1, 0.15) is 33.9 Å². The Morgan fingerprint density at radius 2 is 1.11 bits per heavy atom. The molecule has 4 heterocycles. The van der Waals surface area contributed by atoms with E-state index in [0.717, 1.165) is 89.0 Å². The fourth-order valence-corrected chi connectivity index (χ4v) is 9.73. The van der Waals surface area contributed by atoms with Gasteiger partial charge in [-0.3, -0.25) is 4.57 Å². The highest BCUT2D eigenvalue weighted by molar-refractivity contribution is 6.22. The average molecular weight is 872 g/mol. The van der Waals surface area contributed by atoms with Gasteiger partial charge in [-0.2, -0.15) is 0 Å². The molecule has 0 unspecified atom stereocenters. The molecule has 0 aliphatic carbocycles. The van der Waals surface area contributed by atoms with Gasteiger partial charge in [-0.05, 0) is 122 Å². The lowest BCUT2D eigenvalue weighted by Gasteiger charge is -2.28. The van der Waals surface area contributed by atoms with Crippen LogP contribution in [0.2, 0.25) is 0 Å². The lowest BCUT2D eigenvalue weighted by molar-refractivity contribution is 0.446. The number of para-hydroxylation sites is 1. The highest BCUT2D eigenvalue weighted by Crippen LogP contribution is 2.48. The molecular weight excluding hydrogens is 811 g/mol. The average Bonchev–Trinajstić information content (AvgIpc) is 3.97. The highest BCUT2D eigenvalue weighted by Gasteiger charge is 2.31. The van der Waals surface area contributed by atoms with Crippen molar-refractivity contribution in [2.45, 2.75) is 118 Å². The van der Waals surface area contributed by atoms with E-state index in [1.165, 1.54) is 22.3 Å². The smallest absolute Gasteiger partial charge is 0.149 e. The normalized spacial score (nSPS) is 13.0. The number of benzene rings is 6. The molecule has 0 saturated carbocycles. The van der Waals surface area contributed by atoms with E-state index in [4.69, 9.17) is 18.8 Å². The van der Waals surface area contributed by atoms with E-state index in [1.807, 2.05) is 24.3 Å². The Hall–Kier alpha value is -6.66. The van der Waals surface area contributed by atoms with E-state index >= 15 is 0 Å². The number of phenolic OH excluding ortho intramolecular Hbond substituents is 1. The number of phenols is 1. The van der Waals surface area contributed by atoms with Crippen LogP contribution in [0.4, 0.5) is 0 Å². The van der Waals surface area contributed by atoms with Gasteiger partial charge in [0.2, 0.25) is 0 Å². The molecule has 66 heavy (non-hydrogen) atoms. The van der Waals surface area contributed by atoms with Crippen molar-refractivity contribution in [2.24, 2.45) is 0 Å². The first-order chi connectivity index (χ1) is 31.2. The van der Waals surface area contributed by atoms with Crippen molar-refractivity contribution >= 4 is 44.1 Å². The first kappa shape index (κ1) is 43.2. The third-order valence-corrected chi connectivity index (χ3v) is 13.5. The minimum atomic E-state index is -0.337. The number of hydrogen-bond acceptors (Lipinski definition) is 5. The van der Waals surface area contributed by atoms with Crippen LogP contribution in [0, 0.1) is 0 Å². The van der Waals surface area contributed by atoms with E-state index < -0.39 is 0 Å². The second-order valence-electron chi connectivity index (χ2n) is 22.1. The third-order valence-electron chi connectivity index (χ3n) is 13.5. The van der Waals surface area contributed by atoms with Crippen LogP contribution in [0.15, 0.2) is 124 Å². The topological polar surface area (TPSA) is 77.2 Å². The summed E-state index contributed by atoms with van der Waals surface area (Å²) in [6, 6.07) is 40.7. The van der Waals surface area contributed by atoms with E-state index in [0.29, 0.717) is 11.4 Å². The second kappa shape index (κ2) is 15.2. The summed E-state index contributed by atoms with van der Waals surface area (Å²) >= 11 is 0. The number of pyridine rings is 1. The maximum absolute atomic E-state index is 12.7. The molecular formula is C60H61N3O3. The predicted molar refractivity (Wildman–Crippen MR) is 275 cm³/mol. The highest BCUT2D eigenvalue weighted by atomic mass is 16.4. The summed E-state index contributed by atoms with van der Waals surface area (Å²) in [4.78, 5) is 11.3. The third kappa shape index (κ3) is 7.08. The molecule has 0 atom stereocenters. The van der Waals surface area contributed by atoms with Gasteiger partial charge >= 0.3 is 0 Å². The molecule has 10 rings (SSSR count). The maximum atomic E-state index is 12.7. The van der Waals surface area contributed by atoms with Crippen LogP contribution in [0.5, 0.6) is 5.75 Å². The summed E-state index contributed by atoms with van der Waals surface area (Å²) in [5.41, 5.74) is 17.4. The zero-order chi connectivity index (χ0) is 46.8. The standard InChI is InChI=1S/C60H61N3O3/c1-33(2)41-27-36(35-19-15-14-16-20-35)28-42(34(3)4)54(41)63-47-22-17-21-39(53(47)62-57(63)43-29-37(58(5,6)7)30-44(55(43)64)60(11,12)13)45-31-38(59(8,9)10)32-46(61-45)40-25-26-50-52-51-48(65-50)23-18-24-49(51)66-56(40)52/h14-34,64H,1-13H3. The van der Waals surface area contributed by atoms with Crippen LogP contribution in [-0.2, 0) is 16.2 Å². The van der Waals surface area contributed by atoms with Gasteiger partial charge in [-0.1, -0.05) is 145 Å². The largest absolute Gasteiger partial charge is 0.507 e. The molecule has 0 saturated heterocycles. The minimum Gasteiger partial charge on any atom is -0.507 e. The molecule has 0 amide bonds. The fourth-order valence-electron chi connectivity index (χ4n) is 9.73. The van der Waals surface area contributed by atoms with Crippen molar-refractivity contribution in [3.63, 3.8) is 0 Å². The summed E-state index contributed by atoms with van der Waals surface area (Å²) < 4.78 is 15.3. The van der Waals surface area contributed by atoms with E-state index in [9.17, 15) is 5.11 Å². The number of imidazole rings is 1. The van der Waals surface area contributed by atoms with Gasteiger partial charge < -0.3 is 13.9 Å². The molecule has 0 spiro atoms. The zero-order valence-electron chi connectivity index (χ0n) is 40.7. The lowest BCUT2D eigenvalue weighted by atomic mass is 9.78. The Morgan fingerprint density at radius 3 is 1.73 bits per heavy atom. The Morgan fingerprint density at radius 1 is 0.515 bits per heavy atom. The molecule has 4 aromatic heterocycles. The molecule has 0 fully saturated rings. The van der Waals surface area contributed by atoms with Crippen LogP contribution in [0.1, 0.15) is 130 Å². The summed E-state index contributed by atoms with van der Waals surface area (Å²) in [7, 11) is 0. The van der Waals surface area contributed by atoms with E-state index in [-0.39, 0.29) is 33.8 Å². The van der Waals surface area contributed by atoms with Crippen molar-refractivity contribution in [2.75, 3.05) is 0 Å². The Labute approximate surface area is 388 Å². The Balaban J connectivity index is 1.31. The molecule has 1 N–H and O–H groups in total. The fraction of sp³-hybridized carbons (Fsp3) is 0.300. The van der Waals surface area contributed by atoms with Crippen molar-refractivity contribution in [1.82, 2.24) is 14.5 Å². The molecule has 0 aliphatic heterocycles. The lowest BCUT2D eigenvalue weighted by Crippen LogP contribution is -2.17. The SMILES string of the molecule is CC(C)c1cc(-c2ccccc2)cc(C(C)C)c1-n1c(-c2cc(C(C)(C)C)cc(C(C)(C)C)c2O)nc2c(-c3cc(C(C)(C)C)cc(-c4ccc5oc6cccc7oc4c5c67)n3)cccc21. The number of furan rings is 2. The van der Waals surface area contributed by atoms with Gasteiger partial charge in [0.05, 0.1) is 44.4 Å². The molecule has 334 valence electrons. The molecule has 6 heteroatoms. The van der Waals surface area contributed by atoms with Gasteiger partial charge in [-0.15, -0.1) is 0 Å². The van der Waals surface area contributed by atoms with Gasteiger partial charge in [0, 0.05) is 16.7 Å². The number of rotatable bonds is 7. The van der Waals surface area contributed by atoms with Crippen molar-refractivity contribution < 1.29 is 13.9 Å². The molecule has 0 bridgehead atoms. The molecule has 10 aromatic rings. The Bertz CT molecular complexity index is 3450. The van der Waals surface area contributed by atoms with E-state index in [1.54, 1.807) is 0 Å². The molecule has 6 nitrogen and oxygen atoms in total. The summed E-state index contributed by atoms with van der Waals surface area (Å²) in [6.45, 7) is 29.1. The summed E-state index contributed by atoms with van der Waals surface area (Å²) in [6.07, 6.45) is 0. The van der Waals surface area contributed by atoms with Crippen LogP contribution < -0.4 is 0 Å². The maximum Gasteiger partial charge on any atom is 0.149 e. The van der Waals surface area contributed by atoms with Crippen LogP contribution in [0.25, 0.3) is 94.9 Å². The van der Waals surface area contributed by atoms with Crippen molar-refractivity contribution in [3.8, 4) is 56.5 Å². The van der Waals surface area contributed by atoms with Gasteiger partial charge in [0.15, 0.2) is 0 Å². The number of aromatic nitrogens is 3.